The molecule has 26 heavy (non-hydrogen) atoms. The molecule has 1 rings (SSSR count). The first-order valence-electron chi connectivity index (χ1n) is 8.42. The molecule has 1 aromatic rings. The van der Waals surface area contributed by atoms with Gasteiger partial charge in [-0.25, -0.2) is 18.9 Å². The quantitative estimate of drug-likeness (QED) is 0.360. The maximum Gasteiger partial charge on any atom is 0.357 e. The number of hydrogen-bond acceptors (Lipinski definition) is 5. The predicted octanol–water partition coefficient (Wildman–Crippen LogP) is 2.43. The summed E-state index contributed by atoms with van der Waals surface area (Å²) in [6.07, 6.45) is 2.47. The summed E-state index contributed by atoms with van der Waals surface area (Å²) in [5, 5.41) is 1.16. The summed E-state index contributed by atoms with van der Waals surface area (Å²) in [6, 6.07) is 0.978. The van der Waals surface area contributed by atoms with Crippen molar-refractivity contribution in [2.24, 2.45) is 5.92 Å². The first-order chi connectivity index (χ1) is 12.3. The van der Waals surface area contributed by atoms with Crippen molar-refractivity contribution in [2.75, 3.05) is 24.8 Å². The highest BCUT2D eigenvalue weighted by molar-refractivity contribution is 6.00. The van der Waals surface area contributed by atoms with E-state index in [1.807, 2.05) is 13.8 Å². The number of aromatic nitrogens is 1. The number of nitrogens with zero attached hydrogens (tertiary/aromatic N) is 2. The van der Waals surface area contributed by atoms with Gasteiger partial charge in [-0.15, -0.1) is 0 Å². The Bertz CT molecular complexity index is 654. The van der Waals surface area contributed by atoms with Gasteiger partial charge in [-0.3, -0.25) is 9.59 Å². The normalized spacial score (nSPS) is 10.5. The maximum atomic E-state index is 13.8. The standard InChI is InChI=1S/C18H25FN2O5/c1-5-9-26-18(24)15-10-14(19)12-21(15)20(8-7-13(3)4)16(22)11-17(23)25-6-2/h5,10,12-13H,1,6-9,11H2,2-4H3. The molecule has 7 nitrogen and oxygen atoms in total. The fraction of sp³-hybridized carbons (Fsp3) is 0.500. The van der Waals surface area contributed by atoms with Crippen molar-refractivity contribution in [3.05, 3.63) is 36.4 Å². The minimum Gasteiger partial charge on any atom is -0.466 e. The second-order valence-electron chi connectivity index (χ2n) is 5.96. The zero-order valence-corrected chi connectivity index (χ0v) is 15.4. The molecule has 0 bridgehead atoms. The lowest BCUT2D eigenvalue weighted by molar-refractivity contribution is -0.145. The summed E-state index contributed by atoms with van der Waals surface area (Å²) in [7, 11) is 0. The summed E-state index contributed by atoms with van der Waals surface area (Å²) in [5.41, 5.74) is -0.148. The average molecular weight is 368 g/mol. The van der Waals surface area contributed by atoms with Gasteiger partial charge in [0.05, 0.1) is 12.8 Å². The third-order valence-electron chi connectivity index (χ3n) is 3.38. The van der Waals surface area contributed by atoms with E-state index in [0.717, 1.165) is 21.9 Å². The van der Waals surface area contributed by atoms with Crippen LogP contribution in [0.2, 0.25) is 0 Å². The summed E-state index contributed by atoms with van der Waals surface area (Å²) < 4.78 is 24.6. The molecule has 0 aliphatic carbocycles. The lowest BCUT2D eigenvalue weighted by Gasteiger charge is -2.26. The molecule has 0 aliphatic rings. The highest BCUT2D eigenvalue weighted by Crippen LogP contribution is 2.13. The molecule has 144 valence electrons. The highest BCUT2D eigenvalue weighted by atomic mass is 19.1. The largest absolute Gasteiger partial charge is 0.466 e. The molecule has 1 heterocycles. The Kier molecular flexibility index (Phi) is 8.54. The Morgan fingerprint density at radius 3 is 2.62 bits per heavy atom. The number of halogens is 1. The molecule has 8 heteroatoms. The fourth-order valence-electron chi connectivity index (χ4n) is 2.14. The molecule has 0 unspecified atom stereocenters. The van der Waals surface area contributed by atoms with Gasteiger partial charge in [-0.05, 0) is 19.3 Å². The van der Waals surface area contributed by atoms with Crippen molar-refractivity contribution >= 4 is 17.8 Å². The predicted molar refractivity (Wildman–Crippen MR) is 93.7 cm³/mol. The summed E-state index contributed by atoms with van der Waals surface area (Å²) in [4.78, 5) is 36.3. The summed E-state index contributed by atoms with van der Waals surface area (Å²) >= 11 is 0. The Balaban J connectivity index is 3.13. The van der Waals surface area contributed by atoms with Gasteiger partial charge >= 0.3 is 11.9 Å². The maximum absolute atomic E-state index is 13.8. The van der Waals surface area contributed by atoms with Crippen molar-refractivity contribution in [2.45, 2.75) is 33.6 Å². The molecule has 0 fully saturated rings. The topological polar surface area (TPSA) is 77.8 Å². The van der Waals surface area contributed by atoms with Crippen LogP contribution >= 0.6 is 0 Å². The van der Waals surface area contributed by atoms with Crippen molar-refractivity contribution < 1.29 is 28.2 Å². The van der Waals surface area contributed by atoms with Crippen LogP contribution in [0.3, 0.4) is 0 Å². The monoisotopic (exact) mass is 368 g/mol. The molecule has 0 saturated carbocycles. The van der Waals surface area contributed by atoms with Gasteiger partial charge < -0.3 is 9.47 Å². The number of ether oxygens (including phenoxy) is 2. The van der Waals surface area contributed by atoms with E-state index in [4.69, 9.17) is 9.47 Å². The fourth-order valence-corrected chi connectivity index (χ4v) is 2.14. The molecular weight excluding hydrogens is 343 g/mol. The van der Waals surface area contributed by atoms with E-state index < -0.39 is 30.1 Å². The van der Waals surface area contributed by atoms with E-state index in [2.05, 4.69) is 6.58 Å². The van der Waals surface area contributed by atoms with Crippen molar-refractivity contribution in [1.82, 2.24) is 4.68 Å². The summed E-state index contributed by atoms with van der Waals surface area (Å²) in [6.45, 7) is 9.30. The van der Waals surface area contributed by atoms with Crippen LogP contribution in [-0.4, -0.2) is 42.3 Å². The van der Waals surface area contributed by atoms with E-state index in [1.165, 1.54) is 6.08 Å². The molecule has 1 aromatic heterocycles. The third-order valence-corrected chi connectivity index (χ3v) is 3.38. The van der Waals surface area contributed by atoms with Gasteiger partial charge in [0.1, 0.15) is 18.8 Å². The van der Waals surface area contributed by atoms with Crippen LogP contribution in [-0.2, 0) is 19.1 Å². The van der Waals surface area contributed by atoms with E-state index in [0.29, 0.717) is 6.42 Å². The van der Waals surface area contributed by atoms with Gasteiger partial charge in [0.2, 0.25) is 0 Å². The second kappa shape index (κ2) is 10.4. The van der Waals surface area contributed by atoms with Crippen molar-refractivity contribution in [3.63, 3.8) is 0 Å². The van der Waals surface area contributed by atoms with E-state index in [-0.39, 0.29) is 31.4 Å². The van der Waals surface area contributed by atoms with E-state index in [9.17, 15) is 18.8 Å². The zero-order valence-electron chi connectivity index (χ0n) is 15.4. The van der Waals surface area contributed by atoms with Gasteiger partial charge in [0.25, 0.3) is 5.91 Å². The Hall–Kier alpha value is -2.64. The van der Waals surface area contributed by atoms with Gasteiger partial charge in [0, 0.05) is 12.6 Å². The number of hydrogen-bond donors (Lipinski definition) is 0. The molecular formula is C18H25FN2O5. The van der Waals surface area contributed by atoms with Crippen LogP contribution in [0.5, 0.6) is 0 Å². The van der Waals surface area contributed by atoms with Gasteiger partial charge in [-0.2, -0.15) is 0 Å². The first-order valence-corrected chi connectivity index (χ1v) is 8.42. The highest BCUT2D eigenvalue weighted by Gasteiger charge is 2.25. The lowest BCUT2D eigenvalue weighted by Crippen LogP contribution is -2.44. The molecule has 0 atom stereocenters. The Morgan fingerprint density at radius 1 is 1.35 bits per heavy atom. The van der Waals surface area contributed by atoms with Crippen LogP contribution in [0.15, 0.2) is 24.9 Å². The Labute approximate surface area is 152 Å². The van der Waals surface area contributed by atoms with Crippen LogP contribution in [0, 0.1) is 11.7 Å². The molecule has 0 N–H and O–H groups in total. The SMILES string of the molecule is C=CCOC(=O)c1cc(F)cn1N(CCC(C)C)C(=O)CC(=O)OCC. The molecule has 1 amide bonds. The number of carbonyl (C=O) groups is 3. The average Bonchev–Trinajstić information content (AvgIpc) is 2.94. The van der Waals surface area contributed by atoms with Crippen LogP contribution < -0.4 is 5.01 Å². The molecule has 0 saturated heterocycles. The van der Waals surface area contributed by atoms with E-state index in [1.54, 1.807) is 6.92 Å². The number of carbonyl (C=O) groups excluding carboxylic acids is 3. The Morgan fingerprint density at radius 2 is 2.04 bits per heavy atom. The van der Waals surface area contributed by atoms with Gasteiger partial charge in [0.15, 0.2) is 5.69 Å². The zero-order chi connectivity index (χ0) is 19.7. The molecule has 0 aliphatic heterocycles. The molecule has 0 spiro atoms. The minimum absolute atomic E-state index is 0.0472. The van der Waals surface area contributed by atoms with Crippen molar-refractivity contribution in [1.29, 1.82) is 0 Å². The summed E-state index contributed by atoms with van der Waals surface area (Å²) in [5.74, 6) is -2.53. The minimum atomic E-state index is -0.799. The third kappa shape index (κ3) is 6.34. The number of rotatable bonds is 10. The first kappa shape index (κ1) is 21.4. The van der Waals surface area contributed by atoms with Crippen molar-refractivity contribution in [3.8, 4) is 0 Å². The van der Waals surface area contributed by atoms with Crippen LogP contribution in [0.1, 0.15) is 44.1 Å². The second-order valence-corrected chi connectivity index (χ2v) is 5.96. The molecule has 0 radical (unpaired) electrons. The number of amides is 1. The van der Waals surface area contributed by atoms with E-state index >= 15 is 0 Å². The molecule has 0 aromatic carbocycles. The van der Waals surface area contributed by atoms with Crippen LogP contribution in [0.4, 0.5) is 4.39 Å². The smallest absolute Gasteiger partial charge is 0.357 e. The number of esters is 2. The van der Waals surface area contributed by atoms with Crippen LogP contribution in [0.25, 0.3) is 0 Å². The van der Waals surface area contributed by atoms with Gasteiger partial charge in [-0.1, -0.05) is 26.5 Å². The lowest BCUT2D eigenvalue weighted by atomic mass is 10.1.